The third kappa shape index (κ3) is 6.83. The topological polar surface area (TPSA) is 9.23 Å². The van der Waals surface area contributed by atoms with Crippen LogP contribution in [0, 0.1) is 17.8 Å². The summed E-state index contributed by atoms with van der Waals surface area (Å²) in [5.41, 5.74) is 2.40. The van der Waals surface area contributed by atoms with Crippen LogP contribution in [-0.4, -0.2) is 6.61 Å². The van der Waals surface area contributed by atoms with Gasteiger partial charge in [0, 0.05) is 5.56 Å². The monoisotopic (exact) mass is 324 g/mol. The van der Waals surface area contributed by atoms with Crippen LogP contribution in [0.1, 0.15) is 77.2 Å². The Morgan fingerprint density at radius 3 is 2.46 bits per heavy atom. The lowest BCUT2D eigenvalue weighted by Gasteiger charge is -2.19. The summed E-state index contributed by atoms with van der Waals surface area (Å²) in [4.78, 5) is 0. The first-order valence-corrected chi connectivity index (χ1v) is 9.75. The van der Waals surface area contributed by atoms with E-state index in [9.17, 15) is 0 Å². The molecule has 0 radical (unpaired) electrons. The highest BCUT2D eigenvalue weighted by atomic mass is 16.5. The van der Waals surface area contributed by atoms with Crippen LogP contribution in [0.25, 0.3) is 0 Å². The summed E-state index contributed by atoms with van der Waals surface area (Å²) in [6, 6.07) is 8.17. The van der Waals surface area contributed by atoms with Crippen molar-refractivity contribution in [2.45, 2.75) is 71.6 Å². The van der Waals surface area contributed by atoms with Crippen molar-refractivity contribution in [2.75, 3.05) is 6.61 Å². The van der Waals surface area contributed by atoms with Gasteiger partial charge >= 0.3 is 0 Å². The van der Waals surface area contributed by atoms with E-state index in [1.54, 1.807) is 0 Å². The van der Waals surface area contributed by atoms with Gasteiger partial charge < -0.3 is 4.74 Å². The molecule has 24 heavy (non-hydrogen) atoms. The maximum atomic E-state index is 5.69. The zero-order valence-electron chi connectivity index (χ0n) is 15.4. The van der Waals surface area contributed by atoms with Gasteiger partial charge in [-0.25, -0.2) is 0 Å². The largest absolute Gasteiger partial charge is 0.494 e. The Bertz CT molecular complexity index is 556. The van der Waals surface area contributed by atoms with E-state index >= 15 is 0 Å². The van der Waals surface area contributed by atoms with Crippen molar-refractivity contribution < 1.29 is 4.74 Å². The predicted octanol–water partition coefficient (Wildman–Crippen LogP) is 6.52. The van der Waals surface area contributed by atoms with Gasteiger partial charge in [0.05, 0.1) is 6.61 Å². The van der Waals surface area contributed by atoms with Gasteiger partial charge in [0.1, 0.15) is 5.75 Å². The zero-order valence-corrected chi connectivity index (χ0v) is 15.4. The standard InChI is InChI=1S/C23H32O/c1-3-5-7-8-20-9-11-21(12-10-20)13-14-22-15-17-23(18-16-22)24-19-6-4-2/h11,15-18,20H,3-10,12,19H2,1-2H3. The molecule has 0 saturated carbocycles. The highest BCUT2D eigenvalue weighted by molar-refractivity contribution is 5.43. The average Bonchev–Trinajstić information content (AvgIpc) is 2.63. The van der Waals surface area contributed by atoms with Crippen LogP contribution in [0.4, 0.5) is 0 Å². The Balaban J connectivity index is 1.80. The molecule has 0 saturated heterocycles. The van der Waals surface area contributed by atoms with Crippen LogP contribution in [0.5, 0.6) is 5.75 Å². The Morgan fingerprint density at radius 2 is 1.79 bits per heavy atom. The van der Waals surface area contributed by atoms with Gasteiger partial charge in [-0.1, -0.05) is 63.9 Å². The normalized spacial score (nSPS) is 16.9. The molecule has 0 fully saturated rings. The quantitative estimate of drug-likeness (QED) is 0.390. The number of allylic oxidation sites excluding steroid dienone is 2. The summed E-state index contributed by atoms with van der Waals surface area (Å²) in [5.74, 6) is 8.51. The third-order valence-corrected chi connectivity index (χ3v) is 4.72. The van der Waals surface area contributed by atoms with E-state index in [1.807, 2.05) is 12.1 Å². The molecule has 1 heteroatoms. The zero-order chi connectivity index (χ0) is 17.0. The van der Waals surface area contributed by atoms with Gasteiger partial charge in [0.25, 0.3) is 0 Å². The lowest BCUT2D eigenvalue weighted by atomic mass is 9.86. The summed E-state index contributed by atoms with van der Waals surface area (Å²) >= 11 is 0. The molecular weight excluding hydrogens is 292 g/mol. The Hall–Kier alpha value is -1.68. The van der Waals surface area contributed by atoms with E-state index in [0.29, 0.717) is 0 Å². The molecule has 1 aromatic carbocycles. The number of unbranched alkanes of at least 4 members (excludes halogenated alkanes) is 3. The maximum absolute atomic E-state index is 5.69. The summed E-state index contributed by atoms with van der Waals surface area (Å²) < 4.78 is 5.69. The van der Waals surface area contributed by atoms with E-state index in [0.717, 1.165) is 43.1 Å². The van der Waals surface area contributed by atoms with Crippen molar-refractivity contribution in [3.8, 4) is 17.6 Å². The molecule has 0 N–H and O–H groups in total. The van der Waals surface area contributed by atoms with Crippen molar-refractivity contribution in [1.82, 2.24) is 0 Å². The highest BCUT2D eigenvalue weighted by Gasteiger charge is 2.12. The summed E-state index contributed by atoms with van der Waals surface area (Å²) in [6.45, 7) is 5.25. The predicted molar refractivity (Wildman–Crippen MR) is 103 cm³/mol. The van der Waals surface area contributed by atoms with Crippen LogP contribution >= 0.6 is 0 Å². The molecule has 0 spiro atoms. The van der Waals surface area contributed by atoms with Gasteiger partial charge in [0.15, 0.2) is 0 Å². The van der Waals surface area contributed by atoms with Crippen LogP contribution in [-0.2, 0) is 0 Å². The molecule has 1 atom stereocenters. The molecule has 1 aliphatic carbocycles. The number of hydrogen-bond donors (Lipinski definition) is 0. The van der Waals surface area contributed by atoms with Gasteiger partial charge in [-0.3, -0.25) is 0 Å². The van der Waals surface area contributed by atoms with Crippen LogP contribution < -0.4 is 4.74 Å². The minimum absolute atomic E-state index is 0.799. The molecule has 1 aliphatic rings. The van der Waals surface area contributed by atoms with Crippen molar-refractivity contribution in [3.63, 3.8) is 0 Å². The van der Waals surface area contributed by atoms with Crippen molar-refractivity contribution >= 4 is 0 Å². The van der Waals surface area contributed by atoms with Crippen LogP contribution in [0.15, 0.2) is 35.9 Å². The molecule has 1 aromatic rings. The molecular formula is C23H32O. The second-order valence-electron chi connectivity index (χ2n) is 6.84. The fraction of sp³-hybridized carbons (Fsp3) is 0.565. The number of rotatable bonds is 8. The molecule has 0 aliphatic heterocycles. The maximum Gasteiger partial charge on any atom is 0.119 e. The minimum atomic E-state index is 0.799. The van der Waals surface area contributed by atoms with E-state index in [2.05, 4.69) is 43.9 Å². The molecule has 130 valence electrons. The number of ether oxygens (including phenoxy) is 1. The number of hydrogen-bond acceptors (Lipinski definition) is 1. The highest BCUT2D eigenvalue weighted by Crippen LogP contribution is 2.27. The lowest BCUT2D eigenvalue weighted by Crippen LogP contribution is -2.05. The molecule has 0 aromatic heterocycles. The SMILES string of the molecule is CCCCCC1CC=C(C#Cc2ccc(OCCCC)cc2)CC1. The Labute approximate surface area is 148 Å². The van der Waals surface area contributed by atoms with Crippen molar-refractivity contribution in [1.29, 1.82) is 0 Å². The van der Waals surface area contributed by atoms with E-state index in [4.69, 9.17) is 4.74 Å². The molecule has 2 rings (SSSR count). The van der Waals surface area contributed by atoms with Gasteiger partial charge in [-0.2, -0.15) is 0 Å². The molecule has 0 bridgehead atoms. The van der Waals surface area contributed by atoms with Gasteiger partial charge in [0.2, 0.25) is 0 Å². The number of benzene rings is 1. The van der Waals surface area contributed by atoms with Gasteiger partial charge in [-0.15, -0.1) is 0 Å². The van der Waals surface area contributed by atoms with E-state index in [1.165, 1.54) is 44.1 Å². The molecule has 1 unspecified atom stereocenters. The second-order valence-corrected chi connectivity index (χ2v) is 6.84. The average molecular weight is 325 g/mol. The first-order valence-electron chi connectivity index (χ1n) is 9.75. The molecule has 0 heterocycles. The molecule has 1 nitrogen and oxygen atoms in total. The van der Waals surface area contributed by atoms with Crippen LogP contribution in [0.3, 0.4) is 0 Å². The minimum Gasteiger partial charge on any atom is -0.494 e. The molecule has 0 amide bonds. The van der Waals surface area contributed by atoms with Crippen molar-refractivity contribution in [3.05, 3.63) is 41.5 Å². The van der Waals surface area contributed by atoms with Gasteiger partial charge in [-0.05, 0) is 61.4 Å². The summed E-state index contributed by atoms with van der Waals surface area (Å²) in [5, 5.41) is 0. The van der Waals surface area contributed by atoms with Crippen molar-refractivity contribution in [2.24, 2.45) is 5.92 Å². The summed E-state index contributed by atoms with van der Waals surface area (Å²) in [6.07, 6.45) is 13.8. The summed E-state index contributed by atoms with van der Waals surface area (Å²) in [7, 11) is 0. The van der Waals surface area contributed by atoms with E-state index in [-0.39, 0.29) is 0 Å². The third-order valence-electron chi connectivity index (χ3n) is 4.72. The smallest absolute Gasteiger partial charge is 0.119 e. The van der Waals surface area contributed by atoms with Crippen LogP contribution in [0.2, 0.25) is 0 Å². The first kappa shape index (κ1) is 18.7. The van der Waals surface area contributed by atoms with E-state index < -0.39 is 0 Å². The second kappa shape index (κ2) is 11.0. The lowest BCUT2D eigenvalue weighted by molar-refractivity contribution is 0.309. The fourth-order valence-electron chi connectivity index (χ4n) is 3.07. The Kier molecular flexibility index (Phi) is 8.53. The Morgan fingerprint density at radius 1 is 1.00 bits per heavy atom. The first-order chi connectivity index (χ1) is 11.8. The fourth-order valence-corrected chi connectivity index (χ4v) is 3.07.